The number of aliphatic hydroxyl groups excluding tert-OH is 1. The van der Waals surface area contributed by atoms with Gasteiger partial charge in [0.05, 0.1) is 0 Å². The van der Waals surface area contributed by atoms with E-state index >= 15 is 0 Å². The van der Waals surface area contributed by atoms with Crippen LogP contribution in [0.2, 0.25) is 0 Å². The topological polar surface area (TPSA) is 75.3 Å². The Morgan fingerprint density at radius 2 is 2.33 bits per heavy atom. The largest absolute Gasteiger partial charge is 0.384 e. The first-order valence-corrected chi connectivity index (χ1v) is 3.85. The van der Waals surface area contributed by atoms with Gasteiger partial charge in [0.1, 0.15) is 12.8 Å². The molecule has 0 saturated carbocycles. The van der Waals surface area contributed by atoms with Crippen LogP contribution in [0.25, 0.3) is 0 Å². The Morgan fingerprint density at radius 3 is 2.75 bits per heavy atom. The Bertz CT molecular complexity index is 141. The first-order chi connectivity index (χ1) is 5.57. The van der Waals surface area contributed by atoms with Crippen molar-refractivity contribution in [3.8, 4) is 0 Å². The number of nitrogens with two attached hydrogens (primary N) is 1. The molecule has 0 spiro atoms. The Kier molecular flexibility index (Phi) is 5.57. The zero-order valence-electron chi connectivity index (χ0n) is 7.09. The van der Waals surface area contributed by atoms with E-state index in [4.69, 9.17) is 10.8 Å². The average Bonchev–Trinajstić information content (AvgIpc) is 2.03. The quantitative estimate of drug-likeness (QED) is 0.514. The lowest BCUT2D eigenvalue weighted by Crippen LogP contribution is -2.36. The number of hydrogen-bond donors (Lipinski definition) is 3. The number of alkyl halides is 1. The molecule has 0 aromatic heterocycles. The Hall–Kier alpha value is -0.680. The van der Waals surface area contributed by atoms with Gasteiger partial charge in [0, 0.05) is 12.6 Å². The van der Waals surface area contributed by atoms with Gasteiger partial charge in [0.2, 0.25) is 5.91 Å². The Labute approximate surface area is 70.9 Å². The normalized spacial score (nSPS) is 15.3. The highest BCUT2D eigenvalue weighted by Crippen LogP contribution is 1.87. The van der Waals surface area contributed by atoms with E-state index < -0.39 is 24.7 Å². The molecule has 0 heterocycles. The van der Waals surface area contributed by atoms with Gasteiger partial charge in [-0.25, -0.2) is 4.39 Å². The van der Waals surface area contributed by atoms with Gasteiger partial charge in [-0.2, -0.15) is 0 Å². The zero-order chi connectivity index (χ0) is 9.56. The monoisotopic (exact) mass is 178 g/mol. The third-order valence-corrected chi connectivity index (χ3v) is 1.39. The van der Waals surface area contributed by atoms with Crippen LogP contribution in [-0.2, 0) is 4.79 Å². The molecule has 4 nitrogen and oxygen atoms in total. The van der Waals surface area contributed by atoms with Crippen molar-refractivity contribution in [2.75, 3.05) is 13.2 Å². The lowest BCUT2D eigenvalue weighted by Gasteiger charge is -2.09. The highest BCUT2D eigenvalue weighted by atomic mass is 19.1. The van der Waals surface area contributed by atoms with Crippen molar-refractivity contribution in [3.05, 3.63) is 0 Å². The highest BCUT2D eigenvalue weighted by Gasteiger charge is 2.08. The first kappa shape index (κ1) is 11.3. The molecule has 0 radical (unpaired) electrons. The van der Waals surface area contributed by atoms with Crippen molar-refractivity contribution in [3.63, 3.8) is 0 Å². The number of nitrogens with one attached hydrogen (secondary N) is 1. The Morgan fingerprint density at radius 1 is 1.75 bits per heavy atom. The van der Waals surface area contributed by atoms with Crippen LogP contribution >= 0.6 is 0 Å². The third-order valence-electron chi connectivity index (χ3n) is 1.39. The summed E-state index contributed by atoms with van der Waals surface area (Å²) in [6.45, 7) is 1.07. The van der Waals surface area contributed by atoms with Gasteiger partial charge < -0.3 is 16.2 Å². The third kappa shape index (κ3) is 5.03. The van der Waals surface area contributed by atoms with E-state index in [0.717, 1.165) is 0 Å². The fourth-order valence-electron chi connectivity index (χ4n) is 0.606. The number of rotatable bonds is 5. The molecule has 0 aliphatic rings. The number of carbonyl (C=O) groups is 1. The molecule has 1 amide bonds. The van der Waals surface area contributed by atoms with E-state index in [1.807, 2.05) is 0 Å². The molecule has 4 N–H and O–H groups in total. The van der Waals surface area contributed by atoms with Crippen LogP contribution < -0.4 is 11.1 Å². The summed E-state index contributed by atoms with van der Waals surface area (Å²) >= 11 is 0. The fraction of sp³-hybridized carbons (Fsp3) is 0.857. The molecule has 0 aromatic rings. The van der Waals surface area contributed by atoms with Gasteiger partial charge >= 0.3 is 0 Å². The average molecular weight is 178 g/mol. The molecule has 0 saturated heterocycles. The predicted octanol–water partition coefficient (Wildman–Crippen LogP) is -0.830. The van der Waals surface area contributed by atoms with Crippen LogP contribution in [-0.4, -0.2) is 36.4 Å². The van der Waals surface area contributed by atoms with Gasteiger partial charge in [-0.3, -0.25) is 4.79 Å². The summed E-state index contributed by atoms with van der Waals surface area (Å²) in [7, 11) is 0. The molecule has 0 fully saturated rings. The summed E-state index contributed by atoms with van der Waals surface area (Å²) < 4.78 is 11.8. The summed E-state index contributed by atoms with van der Waals surface area (Å²) in [5.41, 5.74) is 5.25. The highest BCUT2D eigenvalue weighted by molar-refractivity contribution is 5.79. The van der Waals surface area contributed by atoms with Gasteiger partial charge in [-0.15, -0.1) is 0 Å². The van der Waals surface area contributed by atoms with Crippen molar-refractivity contribution >= 4 is 5.91 Å². The van der Waals surface area contributed by atoms with Crippen molar-refractivity contribution in [1.82, 2.24) is 5.32 Å². The first-order valence-electron chi connectivity index (χ1n) is 3.85. The van der Waals surface area contributed by atoms with Crippen LogP contribution in [0.4, 0.5) is 4.39 Å². The molecule has 2 atom stereocenters. The summed E-state index contributed by atoms with van der Waals surface area (Å²) in [5, 5.41) is 11.1. The molecule has 0 aliphatic carbocycles. The maximum absolute atomic E-state index is 11.8. The lowest BCUT2D eigenvalue weighted by atomic mass is 10.2. The summed E-state index contributed by atoms with van der Waals surface area (Å²) in [4.78, 5) is 10.7. The summed E-state index contributed by atoms with van der Waals surface area (Å²) in [5.74, 6) is -0.457. The zero-order valence-corrected chi connectivity index (χ0v) is 7.09. The number of halogens is 1. The molecule has 0 bridgehead atoms. The molecule has 0 aliphatic heterocycles. The molecular formula is C7H15FN2O2. The summed E-state index contributed by atoms with van der Waals surface area (Å²) in [6.07, 6.45) is -0.638. The van der Waals surface area contributed by atoms with E-state index in [1.54, 1.807) is 0 Å². The van der Waals surface area contributed by atoms with Gasteiger partial charge in [-0.1, -0.05) is 0 Å². The van der Waals surface area contributed by atoms with Crippen molar-refractivity contribution in [1.29, 1.82) is 0 Å². The molecule has 5 heteroatoms. The van der Waals surface area contributed by atoms with Crippen LogP contribution in [0.1, 0.15) is 13.3 Å². The van der Waals surface area contributed by atoms with Crippen LogP contribution in [0.5, 0.6) is 0 Å². The smallest absolute Gasteiger partial charge is 0.248 e. The molecule has 12 heavy (non-hydrogen) atoms. The van der Waals surface area contributed by atoms with E-state index in [1.165, 1.54) is 6.92 Å². The van der Waals surface area contributed by atoms with Gasteiger partial charge in [0.15, 0.2) is 0 Å². The van der Waals surface area contributed by atoms with E-state index in [9.17, 15) is 9.18 Å². The molecule has 2 unspecified atom stereocenters. The molecule has 0 rings (SSSR count). The minimum atomic E-state index is -1.02. The van der Waals surface area contributed by atoms with E-state index in [2.05, 4.69) is 5.32 Å². The minimum absolute atomic E-state index is 0.300. The Balaban J connectivity index is 3.37. The number of hydrogen-bond acceptors (Lipinski definition) is 3. The number of amides is 1. The number of carbonyl (C=O) groups excluding carboxylic acids is 1. The lowest BCUT2D eigenvalue weighted by molar-refractivity contribution is -0.128. The van der Waals surface area contributed by atoms with Crippen molar-refractivity contribution in [2.24, 2.45) is 5.73 Å². The van der Waals surface area contributed by atoms with Crippen molar-refractivity contribution < 1.29 is 14.3 Å². The molecule has 72 valence electrons. The SMILES string of the molecule is CC(O)C(=O)NCCC(N)CF. The second-order valence-corrected chi connectivity index (χ2v) is 2.67. The predicted molar refractivity (Wildman–Crippen MR) is 43.3 cm³/mol. The number of aliphatic hydroxyl groups is 1. The second-order valence-electron chi connectivity index (χ2n) is 2.67. The van der Waals surface area contributed by atoms with Crippen LogP contribution in [0.15, 0.2) is 0 Å². The molecular weight excluding hydrogens is 163 g/mol. The molecule has 0 aromatic carbocycles. The maximum atomic E-state index is 11.8. The van der Waals surface area contributed by atoms with Crippen LogP contribution in [0, 0.1) is 0 Å². The minimum Gasteiger partial charge on any atom is -0.384 e. The van der Waals surface area contributed by atoms with E-state index in [0.29, 0.717) is 13.0 Å². The summed E-state index contributed by atoms with van der Waals surface area (Å²) in [6, 6.07) is -0.528. The second kappa shape index (κ2) is 5.91. The van der Waals surface area contributed by atoms with Crippen molar-refractivity contribution in [2.45, 2.75) is 25.5 Å². The van der Waals surface area contributed by atoms with Gasteiger partial charge in [0.25, 0.3) is 0 Å². The van der Waals surface area contributed by atoms with Gasteiger partial charge in [-0.05, 0) is 13.3 Å². The standard InChI is InChI=1S/C7H15FN2O2/c1-5(11)7(12)10-3-2-6(9)4-8/h5-6,11H,2-4,9H2,1H3,(H,10,12). The maximum Gasteiger partial charge on any atom is 0.248 e. The fourth-order valence-corrected chi connectivity index (χ4v) is 0.606. The van der Waals surface area contributed by atoms with E-state index in [-0.39, 0.29) is 0 Å². The van der Waals surface area contributed by atoms with Crippen LogP contribution in [0.3, 0.4) is 0 Å².